The zero-order valence-corrected chi connectivity index (χ0v) is 45.7. The van der Waals surface area contributed by atoms with Crippen LogP contribution in [0.4, 0.5) is 0 Å². The summed E-state index contributed by atoms with van der Waals surface area (Å²) in [6, 6.07) is 8.27. The van der Waals surface area contributed by atoms with Gasteiger partial charge in [0.2, 0.25) is 29.5 Å². The van der Waals surface area contributed by atoms with Crippen molar-refractivity contribution in [3.8, 4) is 0 Å². The molecule has 4 rings (SSSR count). The van der Waals surface area contributed by atoms with Gasteiger partial charge in [0, 0.05) is 140 Å². The van der Waals surface area contributed by atoms with Gasteiger partial charge in [-0.2, -0.15) is 0 Å². The number of carbonyl (C=O) groups excluding carboxylic acids is 5. The van der Waals surface area contributed by atoms with E-state index in [4.69, 9.17) is 4.74 Å². The second kappa shape index (κ2) is 34.6. The number of carbonyl (C=O) groups is 8. The van der Waals surface area contributed by atoms with Gasteiger partial charge in [-0.15, -0.1) is 11.8 Å². The minimum atomic E-state index is -1.05. The molecule has 410 valence electrons. The van der Waals surface area contributed by atoms with E-state index < -0.39 is 23.2 Å². The summed E-state index contributed by atoms with van der Waals surface area (Å²) in [5, 5.41) is 33.9. The molecule has 3 fully saturated rings. The number of halogens is 1. The predicted octanol–water partition coefficient (Wildman–Crippen LogP) is 1.46. The van der Waals surface area contributed by atoms with Gasteiger partial charge in [0.1, 0.15) is 0 Å². The molecule has 3 aliphatic rings. The molecule has 0 radical (unpaired) electrons. The average molecular weight is 1160 g/mol. The Balaban J connectivity index is 1.32. The topological polar surface area (TPSA) is 253 Å². The number of piperazine rings is 1. The standard InChI is InChI=1S/C50H80IN9O12S/c1-72-32-6-5-18-54-28-30-59(31-29-54)45(63)12-8-19-60-46(64)33-42(50(60)71)73-41(10-3-2-4-17-52-43(61)11-7-9-39-13-15-40(51)16-14-39)34-53-44(62)35-55-20-22-56(36-47(65)66)24-26-58(38-49(69)70)27-25-57(23-21-55)37-48(67)68/h13-16,41-42H,2-12,17-38H2,1H3,(H,52,61)(H,53,62)(H,65,66)(H,67,68)(H,69,70). The number of aliphatic carboxylic acids is 3. The first-order valence-electron chi connectivity index (χ1n) is 25.9. The molecule has 2 atom stereocenters. The van der Waals surface area contributed by atoms with Gasteiger partial charge in [-0.3, -0.25) is 67.8 Å². The van der Waals surface area contributed by atoms with Gasteiger partial charge in [0.15, 0.2) is 0 Å². The molecule has 0 spiro atoms. The summed E-state index contributed by atoms with van der Waals surface area (Å²) >= 11 is 3.64. The number of carboxylic acid groups (broad SMARTS) is 3. The van der Waals surface area contributed by atoms with Crippen LogP contribution in [0.3, 0.4) is 0 Å². The molecule has 1 aromatic carbocycles. The maximum absolute atomic E-state index is 13.8. The molecule has 3 heterocycles. The Morgan fingerprint density at radius 1 is 0.644 bits per heavy atom. The van der Waals surface area contributed by atoms with E-state index in [1.54, 1.807) is 21.8 Å². The number of rotatable bonds is 31. The van der Waals surface area contributed by atoms with Crippen molar-refractivity contribution in [3.05, 3.63) is 33.4 Å². The number of carboxylic acids is 3. The first-order chi connectivity index (χ1) is 35.1. The lowest BCUT2D eigenvalue weighted by Gasteiger charge is -2.35. The molecule has 21 nitrogen and oxygen atoms in total. The molecule has 0 aromatic heterocycles. The first-order valence-corrected chi connectivity index (χ1v) is 27.9. The number of likely N-dealkylation sites (tertiary alicyclic amines) is 1. The highest BCUT2D eigenvalue weighted by molar-refractivity contribution is 14.1. The van der Waals surface area contributed by atoms with Gasteiger partial charge in [-0.25, -0.2) is 0 Å². The Bertz CT molecular complexity index is 1880. The first kappa shape index (κ1) is 61.6. The van der Waals surface area contributed by atoms with Crippen LogP contribution in [0.15, 0.2) is 24.3 Å². The number of amides is 5. The Morgan fingerprint density at radius 3 is 1.77 bits per heavy atom. The number of aryl methyl sites for hydroxylation is 1. The smallest absolute Gasteiger partial charge is 0.317 e. The molecule has 3 aliphatic heterocycles. The van der Waals surface area contributed by atoms with E-state index in [1.807, 2.05) is 9.80 Å². The Kier molecular flexibility index (Phi) is 29.1. The summed E-state index contributed by atoms with van der Waals surface area (Å²) in [5.41, 5.74) is 1.20. The molecule has 2 unspecified atom stereocenters. The van der Waals surface area contributed by atoms with E-state index in [0.717, 1.165) is 71.2 Å². The summed E-state index contributed by atoms with van der Waals surface area (Å²) < 4.78 is 6.31. The highest BCUT2D eigenvalue weighted by atomic mass is 127. The Hall–Kier alpha value is -3.98. The molecule has 3 saturated heterocycles. The second-order valence-electron chi connectivity index (χ2n) is 19.1. The highest BCUT2D eigenvalue weighted by Crippen LogP contribution is 2.31. The maximum atomic E-state index is 13.8. The van der Waals surface area contributed by atoms with E-state index in [1.165, 1.54) is 25.8 Å². The van der Waals surface area contributed by atoms with Crippen molar-refractivity contribution in [3.63, 3.8) is 0 Å². The summed E-state index contributed by atoms with van der Waals surface area (Å²) in [6.07, 6.45) is 7.58. The van der Waals surface area contributed by atoms with Crippen molar-refractivity contribution in [2.24, 2.45) is 0 Å². The normalized spacial score (nSPS) is 18.8. The minimum absolute atomic E-state index is 0.00621. The van der Waals surface area contributed by atoms with Crippen LogP contribution in [0.2, 0.25) is 0 Å². The maximum Gasteiger partial charge on any atom is 0.317 e. The zero-order chi connectivity index (χ0) is 53.0. The fraction of sp³-hybridized carbons (Fsp3) is 0.720. The molecule has 0 aliphatic carbocycles. The predicted molar refractivity (Wildman–Crippen MR) is 285 cm³/mol. The van der Waals surface area contributed by atoms with Gasteiger partial charge >= 0.3 is 17.9 Å². The number of hydrogen-bond acceptors (Lipinski definition) is 15. The Morgan fingerprint density at radius 2 is 1.21 bits per heavy atom. The summed E-state index contributed by atoms with van der Waals surface area (Å²) in [5.74, 6) is -4.00. The van der Waals surface area contributed by atoms with Crippen LogP contribution >= 0.6 is 34.4 Å². The van der Waals surface area contributed by atoms with Crippen LogP contribution in [0, 0.1) is 3.57 Å². The molecule has 5 amide bonds. The van der Waals surface area contributed by atoms with Crippen LogP contribution in [0.5, 0.6) is 0 Å². The number of benzene rings is 1. The van der Waals surface area contributed by atoms with Crippen LogP contribution in [0.25, 0.3) is 0 Å². The van der Waals surface area contributed by atoms with Crippen molar-refractivity contribution in [1.29, 1.82) is 0 Å². The average Bonchev–Trinajstić information content (AvgIpc) is 3.61. The quantitative estimate of drug-likeness (QED) is 0.0401. The number of unbranched alkanes of at least 4 members (excludes halogenated alkanes) is 3. The monoisotopic (exact) mass is 1160 g/mol. The van der Waals surface area contributed by atoms with Crippen LogP contribution in [0.1, 0.15) is 76.2 Å². The van der Waals surface area contributed by atoms with E-state index in [-0.39, 0.29) is 139 Å². The number of imide groups is 1. The minimum Gasteiger partial charge on any atom is -0.480 e. The lowest BCUT2D eigenvalue weighted by molar-refractivity contribution is -0.140. The van der Waals surface area contributed by atoms with Gasteiger partial charge in [0.05, 0.1) is 31.4 Å². The van der Waals surface area contributed by atoms with Crippen molar-refractivity contribution in [1.82, 2.24) is 44.9 Å². The SMILES string of the molecule is COCCCCN1CCN(C(=O)CCCN2C(=O)CC(SC(CCCCCNC(=O)CCCc3ccc(I)cc3)CNC(=O)CN3CCN(CC(=O)O)CCN(CC(=O)O)CCN(CC(=O)O)CC3)C2=O)CC1. The number of methoxy groups -OCH3 is 1. The van der Waals surface area contributed by atoms with E-state index >= 15 is 0 Å². The highest BCUT2D eigenvalue weighted by Gasteiger charge is 2.40. The van der Waals surface area contributed by atoms with Crippen molar-refractivity contribution in [2.45, 2.75) is 87.5 Å². The van der Waals surface area contributed by atoms with Crippen molar-refractivity contribution >= 4 is 81.8 Å². The second-order valence-corrected chi connectivity index (χ2v) is 21.9. The molecule has 5 N–H and O–H groups in total. The van der Waals surface area contributed by atoms with Crippen LogP contribution in [-0.2, 0) is 49.5 Å². The fourth-order valence-electron chi connectivity index (χ4n) is 9.16. The van der Waals surface area contributed by atoms with E-state index in [2.05, 4.69) is 62.4 Å². The lowest BCUT2D eigenvalue weighted by atomic mass is 10.1. The molecule has 73 heavy (non-hydrogen) atoms. The number of ether oxygens (including phenoxy) is 1. The van der Waals surface area contributed by atoms with Gasteiger partial charge < -0.3 is 35.6 Å². The van der Waals surface area contributed by atoms with Gasteiger partial charge in [0.25, 0.3) is 0 Å². The fourth-order valence-corrected chi connectivity index (χ4v) is 10.9. The number of hydrogen-bond donors (Lipinski definition) is 5. The van der Waals surface area contributed by atoms with E-state index in [9.17, 15) is 53.7 Å². The van der Waals surface area contributed by atoms with Crippen molar-refractivity contribution < 1.29 is 58.4 Å². The molecule has 1 aromatic rings. The largest absolute Gasteiger partial charge is 0.480 e. The zero-order valence-electron chi connectivity index (χ0n) is 42.7. The molecular weight excluding hydrogens is 1080 g/mol. The summed E-state index contributed by atoms with van der Waals surface area (Å²) in [6.45, 7) is 6.74. The number of thioether (sulfide) groups is 1. The third-order valence-corrected chi connectivity index (χ3v) is 15.5. The number of nitrogens with zero attached hydrogens (tertiary/aromatic N) is 7. The van der Waals surface area contributed by atoms with Crippen LogP contribution < -0.4 is 10.6 Å². The van der Waals surface area contributed by atoms with E-state index in [0.29, 0.717) is 38.9 Å². The lowest BCUT2D eigenvalue weighted by Crippen LogP contribution is -2.50. The molecular formula is C50H80IN9O12S. The third-order valence-electron chi connectivity index (χ3n) is 13.3. The summed E-state index contributed by atoms with van der Waals surface area (Å²) in [4.78, 5) is 114. The van der Waals surface area contributed by atoms with Crippen LogP contribution in [-0.4, -0.2) is 252 Å². The molecule has 0 bridgehead atoms. The van der Waals surface area contributed by atoms with Gasteiger partial charge in [-0.05, 0) is 91.8 Å². The van der Waals surface area contributed by atoms with Gasteiger partial charge in [-0.1, -0.05) is 25.0 Å². The van der Waals surface area contributed by atoms with Crippen molar-refractivity contribution in [2.75, 3.05) is 145 Å². The molecule has 0 saturated carbocycles. The third kappa shape index (κ3) is 25.4. The molecule has 23 heteroatoms. The summed E-state index contributed by atoms with van der Waals surface area (Å²) in [7, 11) is 1.70. The number of nitrogens with one attached hydrogen (secondary N) is 2. The Labute approximate surface area is 448 Å².